The molecular formula is C22H28ClN3O4S. The Balaban J connectivity index is 1.77. The summed E-state index contributed by atoms with van der Waals surface area (Å²) >= 11 is 6.19. The third-order valence-electron chi connectivity index (χ3n) is 5.22. The van der Waals surface area contributed by atoms with Gasteiger partial charge in [-0.1, -0.05) is 11.6 Å². The summed E-state index contributed by atoms with van der Waals surface area (Å²) in [5.74, 6) is 0.450. The van der Waals surface area contributed by atoms with Gasteiger partial charge in [-0.05, 0) is 63.2 Å². The number of anilines is 1. The lowest BCUT2D eigenvalue weighted by Gasteiger charge is -2.37. The Bertz CT molecular complexity index is 1020. The second kappa shape index (κ2) is 9.89. The van der Waals surface area contributed by atoms with Gasteiger partial charge in [0.25, 0.3) is 15.9 Å². The van der Waals surface area contributed by atoms with E-state index in [9.17, 15) is 13.2 Å². The molecule has 9 heteroatoms. The Morgan fingerprint density at radius 1 is 1.10 bits per heavy atom. The second-order valence-electron chi connectivity index (χ2n) is 7.63. The molecule has 0 aliphatic carbocycles. The van der Waals surface area contributed by atoms with Gasteiger partial charge in [0.2, 0.25) is 0 Å². The first-order valence-corrected chi connectivity index (χ1v) is 12.2. The van der Waals surface area contributed by atoms with E-state index in [1.165, 1.54) is 12.1 Å². The molecule has 2 aromatic carbocycles. The number of sulfonamides is 1. The van der Waals surface area contributed by atoms with E-state index in [4.69, 9.17) is 16.3 Å². The van der Waals surface area contributed by atoms with Gasteiger partial charge < -0.3 is 9.64 Å². The molecule has 0 spiro atoms. The maximum Gasteiger partial charge on any atom is 0.263 e. The fourth-order valence-corrected chi connectivity index (χ4v) is 5.05. The Morgan fingerprint density at radius 2 is 1.74 bits per heavy atom. The van der Waals surface area contributed by atoms with Crippen molar-refractivity contribution in [1.29, 1.82) is 0 Å². The minimum absolute atomic E-state index is 0.0552. The minimum Gasteiger partial charge on any atom is -0.494 e. The topological polar surface area (TPSA) is 78.9 Å². The second-order valence-corrected chi connectivity index (χ2v) is 9.69. The van der Waals surface area contributed by atoms with Crippen molar-refractivity contribution in [3.63, 3.8) is 0 Å². The van der Waals surface area contributed by atoms with Crippen LogP contribution in [0.2, 0.25) is 5.02 Å². The SMILES string of the molecule is CCOc1ccc(NS(=O)(=O)c2cc(C(=O)N3CCN(C(C)C)CC3)ccc2Cl)cc1. The minimum atomic E-state index is -3.98. The molecule has 1 heterocycles. The molecule has 1 fully saturated rings. The first kappa shape index (κ1) is 23.4. The van der Waals surface area contributed by atoms with Gasteiger partial charge in [0.1, 0.15) is 10.6 Å². The monoisotopic (exact) mass is 465 g/mol. The number of halogens is 1. The number of benzene rings is 2. The highest BCUT2D eigenvalue weighted by Gasteiger charge is 2.26. The maximum atomic E-state index is 13.0. The number of piperazine rings is 1. The molecule has 31 heavy (non-hydrogen) atoms. The van der Waals surface area contributed by atoms with Gasteiger partial charge in [-0.3, -0.25) is 14.4 Å². The molecule has 1 N–H and O–H groups in total. The zero-order valence-corrected chi connectivity index (χ0v) is 19.5. The van der Waals surface area contributed by atoms with Crippen LogP contribution in [-0.2, 0) is 10.0 Å². The van der Waals surface area contributed by atoms with Gasteiger partial charge in [-0.25, -0.2) is 8.42 Å². The van der Waals surface area contributed by atoms with Crippen molar-refractivity contribution in [2.24, 2.45) is 0 Å². The van der Waals surface area contributed by atoms with E-state index in [0.717, 1.165) is 13.1 Å². The number of hydrogen-bond donors (Lipinski definition) is 1. The van der Waals surface area contributed by atoms with Crippen LogP contribution in [-0.4, -0.2) is 63.0 Å². The van der Waals surface area contributed by atoms with E-state index in [-0.39, 0.29) is 15.8 Å². The maximum absolute atomic E-state index is 13.0. The molecule has 1 aliphatic heterocycles. The van der Waals surface area contributed by atoms with Gasteiger partial charge in [0.05, 0.1) is 11.6 Å². The van der Waals surface area contributed by atoms with Crippen molar-refractivity contribution in [2.45, 2.75) is 31.7 Å². The molecule has 0 saturated carbocycles. The van der Waals surface area contributed by atoms with Gasteiger partial charge in [-0.15, -0.1) is 0 Å². The van der Waals surface area contributed by atoms with E-state index in [1.807, 2.05) is 6.92 Å². The smallest absolute Gasteiger partial charge is 0.263 e. The highest BCUT2D eigenvalue weighted by Crippen LogP contribution is 2.26. The van der Waals surface area contributed by atoms with E-state index in [1.54, 1.807) is 35.2 Å². The fraction of sp³-hybridized carbons (Fsp3) is 0.409. The van der Waals surface area contributed by atoms with Crippen LogP contribution in [0.5, 0.6) is 5.75 Å². The Morgan fingerprint density at radius 3 is 2.32 bits per heavy atom. The third-order valence-corrected chi connectivity index (χ3v) is 7.08. The van der Waals surface area contributed by atoms with Crippen LogP contribution in [0.25, 0.3) is 0 Å². The molecule has 0 radical (unpaired) electrons. The van der Waals surface area contributed by atoms with Gasteiger partial charge >= 0.3 is 0 Å². The largest absolute Gasteiger partial charge is 0.494 e. The van der Waals surface area contributed by atoms with E-state index in [2.05, 4.69) is 23.5 Å². The summed E-state index contributed by atoms with van der Waals surface area (Å²) < 4.78 is 33.8. The zero-order valence-electron chi connectivity index (χ0n) is 18.0. The van der Waals surface area contributed by atoms with Crippen LogP contribution in [0.4, 0.5) is 5.69 Å². The summed E-state index contributed by atoms with van der Waals surface area (Å²) in [7, 11) is -3.98. The standard InChI is InChI=1S/C22H28ClN3O4S/c1-4-30-19-8-6-18(7-9-19)24-31(28,29)21-15-17(5-10-20(21)23)22(27)26-13-11-25(12-14-26)16(2)3/h5-10,15-16,24H,4,11-14H2,1-3H3. The van der Waals surface area contributed by atoms with Crippen molar-refractivity contribution < 1.29 is 17.9 Å². The molecular weight excluding hydrogens is 438 g/mol. The summed E-state index contributed by atoms with van der Waals surface area (Å²) in [6.07, 6.45) is 0. The molecule has 1 amide bonds. The summed E-state index contributed by atoms with van der Waals surface area (Å²) in [6, 6.07) is 11.4. The number of ether oxygens (including phenoxy) is 1. The fourth-order valence-electron chi connectivity index (χ4n) is 3.46. The Kier molecular flexibility index (Phi) is 7.46. The average molecular weight is 466 g/mol. The highest BCUT2D eigenvalue weighted by molar-refractivity contribution is 7.92. The molecule has 1 saturated heterocycles. The number of hydrogen-bond acceptors (Lipinski definition) is 5. The Labute approximate surface area is 189 Å². The normalized spacial score (nSPS) is 15.2. The average Bonchev–Trinajstić information content (AvgIpc) is 2.75. The first-order chi connectivity index (χ1) is 14.7. The summed E-state index contributed by atoms with van der Waals surface area (Å²) in [6.45, 7) is 9.45. The molecule has 3 rings (SSSR count). The lowest BCUT2D eigenvalue weighted by molar-refractivity contribution is 0.0595. The number of amides is 1. The van der Waals surface area contributed by atoms with Crippen molar-refractivity contribution in [2.75, 3.05) is 37.5 Å². The summed E-state index contributed by atoms with van der Waals surface area (Å²) in [5, 5.41) is 0.0552. The van der Waals surface area contributed by atoms with Crippen LogP contribution < -0.4 is 9.46 Å². The van der Waals surface area contributed by atoms with Crippen molar-refractivity contribution in [3.8, 4) is 5.75 Å². The molecule has 168 valence electrons. The molecule has 1 aliphatic rings. The highest BCUT2D eigenvalue weighted by atomic mass is 35.5. The molecule has 0 aromatic heterocycles. The van der Waals surface area contributed by atoms with Crippen molar-refractivity contribution >= 4 is 33.2 Å². The molecule has 0 atom stereocenters. The third kappa shape index (κ3) is 5.70. The van der Waals surface area contributed by atoms with Gasteiger partial charge in [0.15, 0.2) is 0 Å². The van der Waals surface area contributed by atoms with Crippen molar-refractivity contribution in [1.82, 2.24) is 9.80 Å². The van der Waals surface area contributed by atoms with Gasteiger partial charge in [-0.2, -0.15) is 0 Å². The lowest BCUT2D eigenvalue weighted by atomic mass is 10.1. The number of nitrogens with zero attached hydrogens (tertiary/aromatic N) is 2. The number of carbonyl (C=O) groups excluding carboxylic acids is 1. The van der Waals surface area contributed by atoms with Crippen LogP contribution >= 0.6 is 11.6 Å². The predicted molar refractivity (Wildman–Crippen MR) is 122 cm³/mol. The lowest BCUT2D eigenvalue weighted by Crippen LogP contribution is -2.50. The van der Waals surface area contributed by atoms with Crippen LogP contribution in [0.15, 0.2) is 47.4 Å². The quantitative estimate of drug-likeness (QED) is 0.674. The Hall–Kier alpha value is -2.29. The van der Waals surface area contributed by atoms with Crippen LogP contribution in [0, 0.1) is 0 Å². The predicted octanol–water partition coefficient (Wildman–Crippen LogP) is 3.71. The molecule has 0 unspecified atom stereocenters. The molecule has 2 aromatic rings. The summed E-state index contributed by atoms with van der Waals surface area (Å²) in [4.78, 5) is 16.9. The summed E-state index contributed by atoms with van der Waals surface area (Å²) in [5.41, 5.74) is 0.676. The van der Waals surface area contributed by atoms with Crippen LogP contribution in [0.3, 0.4) is 0 Å². The van der Waals surface area contributed by atoms with E-state index in [0.29, 0.717) is 42.7 Å². The molecule has 0 bridgehead atoms. The number of rotatable bonds is 7. The van der Waals surface area contributed by atoms with Gasteiger partial charge in [0, 0.05) is 43.5 Å². The van der Waals surface area contributed by atoms with Crippen LogP contribution in [0.1, 0.15) is 31.1 Å². The van der Waals surface area contributed by atoms with E-state index >= 15 is 0 Å². The van der Waals surface area contributed by atoms with E-state index < -0.39 is 10.0 Å². The molecule has 7 nitrogen and oxygen atoms in total. The first-order valence-electron chi connectivity index (χ1n) is 10.3. The number of nitrogens with one attached hydrogen (secondary N) is 1. The number of carbonyl (C=O) groups is 1. The zero-order chi connectivity index (χ0) is 22.6. The van der Waals surface area contributed by atoms with Crippen molar-refractivity contribution in [3.05, 3.63) is 53.1 Å².